The van der Waals surface area contributed by atoms with Crippen LogP contribution in [-0.2, 0) is 9.84 Å². The summed E-state index contributed by atoms with van der Waals surface area (Å²) >= 11 is 1.62. The predicted octanol–water partition coefficient (Wildman–Crippen LogP) is 0.617. The van der Waals surface area contributed by atoms with Gasteiger partial charge in [0.25, 0.3) is 0 Å². The third-order valence-corrected chi connectivity index (χ3v) is 5.62. The highest BCUT2D eigenvalue weighted by Crippen LogP contribution is 2.20. The van der Waals surface area contributed by atoms with E-state index in [0.29, 0.717) is 18.0 Å². The first-order valence-corrected chi connectivity index (χ1v) is 8.76. The van der Waals surface area contributed by atoms with Crippen LogP contribution in [0.1, 0.15) is 10.5 Å². The van der Waals surface area contributed by atoms with E-state index in [9.17, 15) is 13.2 Å². The molecule has 1 unspecified atom stereocenters. The average molecular weight is 288 g/mol. The van der Waals surface area contributed by atoms with Gasteiger partial charge in [-0.3, -0.25) is 9.69 Å². The smallest absolute Gasteiger partial charge is 0.192 e. The Kier molecular flexibility index (Phi) is 4.14. The van der Waals surface area contributed by atoms with Gasteiger partial charge in [-0.2, -0.15) is 11.8 Å². The Hall–Kier alpha value is -0.790. The van der Waals surface area contributed by atoms with Gasteiger partial charge in [-0.05, 0) is 12.1 Å². The van der Waals surface area contributed by atoms with Crippen LogP contribution in [0.15, 0.2) is 18.3 Å². The molecule has 7 heteroatoms. The maximum absolute atomic E-state index is 12.0. The largest absolute Gasteiger partial charge is 0.359 e. The van der Waals surface area contributed by atoms with Gasteiger partial charge >= 0.3 is 0 Å². The predicted molar refractivity (Wildman–Crippen MR) is 72.7 cm³/mol. The molecule has 1 atom stereocenters. The first-order valence-electron chi connectivity index (χ1n) is 5.66. The minimum Gasteiger partial charge on any atom is -0.359 e. The van der Waals surface area contributed by atoms with Gasteiger partial charge in [0.1, 0.15) is 5.37 Å². The Bertz CT molecular complexity index is 510. The van der Waals surface area contributed by atoms with Gasteiger partial charge in [-0.1, -0.05) is 0 Å². The summed E-state index contributed by atoms with van der Waals surface area (Å²) in [5.74, 6) is 1.33. The summed E-state index contributed by atoms with van der Waals surface area (Å²) in [5.41, 5.74) is 0.528. The molecule has 18 heavy (non-hydrogen) atoms. The molecule has 2 heterocycles. The van der Waals surface area contributed by atoms with Crippen LogP contribution in [0.3, 0.4) is 0 Å². The Morgan fingerprint density at radius 3 is 3.00 bits per heavy atom. The number of Topliss-reactive ketones (excluding diaryl/α,β-unsaturated/α-hetero) is 1. The van der Waals surface area contributed by atoms with Gasteiger partial charge in [0.15, 0.2) is 15.6 Å². The molecular weight excluding hydrogens is 272 g/mol. The molecule has 1 fully saturated rings. The van der Waals surface area contributed by atoms with Gasteiger partial charge < -0.3 is 4.98 Å². The molecule has 0 bridgehead atoms. The maximum atomic E-state index is 12.0. The van der Waals surface area contributed by atoms with Crippen LogP contribution in [0.2, 0.25) is 0 Å². The first-order chi connectivity index (χ1) is 8.48. The lowest BCUT2D eigenvalue weighted by Crippen LogP contribution is -2.48. The maximum Gasteiger partial charge on any atom is 0.192 e. The summed E-state index contributed by atoms with van der Waals surface area (Å²) in [6.45, 7) is 0.785. The van der Waals surface area contributed by atoms with Crippen LogP contribution < -0.4 is 0 Å². The Labute approximate surface area is 111 Å². The molecule has 1 N–H and O–H groups in total. The van der Waals surface area contributed by atoms with Gasteiger partial charge in [-0.15, -0.1) is 0 Å². The van der Waals surface area contributed by atoms with Crippen molar-refractivity contribution in [1.82, 2.24) is 9.88 Å². The number of ketones is 1. The molecule has 100 valence electrons. The average Bonchev–Trinajstić information content (AvgIpc) is 2.81. The molecule has 2 rings (SSSR count). The molecule has 1 aliphatic rings. The number of carbonyl (C=O) groups excluding carboxylic acids is 1. The van der Waals surface area contributed by atoms with Crippen molar-refractivity contribution in [2.45, 2.75) is 5.37 Å². The molecule has 0 aliphatic carbocycles. The van der Waals surface area contributed by atoms with E-state index in [0.717, 1.165) is 5.75 Å². The Morgan fingerprint density at radius 2 is 2.39 bits per heavy atom. The number of H-pyrrole nitrogens is 1. The van der Waals surface area contributed by atoms with E-state index >= 15 is 0 Å². The topological polar surface area (TPSA) is 70.2 Å². The monoisotopic (exact) mass is 288 g/mol. The zero-order chi connectivity index (χ0) is 13.2. The third kappa shape index (κ3) is 3.15. The van der Waals surface area contributed by atoms with E-state index in [2.05, 4.69) is 4.98 Å². The summed E-state index contributed by atoms with van der Waals surface area (Å²) in [7, 11) is -3.15. The van der Waals surface area contributed by atoms with E-state index in [-0.39, 0.29) is 12.3 Å². The minimum absolute atomic E-state index is 0.0689. The van der Waals surface area contributed by atoms with Crippen molar-refractivity contribution in [3.63, 3.8) is 0 Å². The highest BCUT2D eigenvalue weighted by molar-refractivity contribution is 8.00. The minimum atomic E-state index is -3.15. The number of carbonyl (C=O) groups is 1. The van der Waals surface area contributed by atoms with Gasteiger partial charge in [0.2, 0.25) is 0 Å². The SMILES string of the molecule is CS(=O)(=O)C1CSCCN1CC(=O)c1ccc[nH]1. The lowest BCUT2D eigenvalue weighted by atomic mass is 10.2. The van der Waals surface area contributed by atoms with Crippen molar-refractivity contribution in [1.29, 1.82) is 0 Å². The standard InChI is InChI=1S/C11H16N2O3S2/c1-18(15,16)11-8-17-6-5-13(11)7-10(14)9-3-2-4-12-9/h2-4,11-12H,5-8H2,1H3. The zero-order valence-electron chi connectivity index (χ0n) is 10.1. The second-order valence-electron chi connectivity index (χ2n) is 4.34. The number of aromatic amines is 1. The fourth-order valence-electron chi connectivity index (χ4n) is 1.96. The molecule has 1 aromatic heterocycles. The van der Waals surface area contributed by atoms with Crippen molar-refractivity contribution in [3.05, 3.63) is 24.0 Å². The van der Waals surface area contributed by atoms with Crippen LogP contribution >= 0.6 is 11.8 Å². The third-order valence-electron chi connectivity index (χ3n) is 2.93. The van der Waals surface area contributed by atoms with Gasteiger partial charge in [-0.25, -0.2) is 8.42 Å². The molecule has 1 aliphatic heterocycles. The summed E-state index contributed by atoms with van der Waals surface area (Å²) in [6.07, 6.45) is 2.92. The summed E-state index contributed by atoms with van der Waals surface area (Å²) in [6, 6.07) is 3.46. The summed E-state index contributed by atoms with van der Waals surface area (Å²) in [5, 5.41) is -0.546. The summed E-state index contributed by atoms with van der Waals surface area (Å²) in [4.78, 5) is 16.6. The molecule has 5 nitrogen and oxygen atoms in total. The molecule has 1 saturated heterocycles. The number of aromatic nitrogens is 1. The van der Waals surface area contributed by atoms with Crippen LogP contribution in [0.4, 0.5) is 0 Å². The molecule has 0 saturated carbocycles. The fourth-order valence-corrected chi connectivity index (χ4v) is 4.91. The number of sulfone groups is 1. The van der Waals surface area contributed by atoms with E-state index in [1.54, 1.807) is 35.0 Å². The van der Waals surface area contributed by atoms with Crippen LogP contribution in [0, 0.1) is 0 Å². The molecule has 1 aromatic rings. The van der Waals surface area contributed by atoms with E-state index < -0.39 is 15.2 Å². The molecule has 0 spiro atoms. The highest BCUT2D eigenvalue weighted by Gasteiger charge is 2.32. The normalized spacial score (nSPS) is 21.9. The second kappa shape index (κ2) is 5.46. The number of nitrogens with one attached hydrogen (secondary N) is 1. The van der Waals surface area contributed by atoms with E-state index in [1.807, 2.05) is 0 Å². The van der Waals surface area contributed by atoms with E-state index in [1.165, 1.54) is 6.26 Å². The molecule has 0 aromatic carbocycles. The second-order valence-corrected chi connectivity index (χ2v) is 7.69. The van der Waals surface area contributed by atoms with Crippen molar-refractivity contribution >= 4 is 27.4 Å². The summed E-state index contributed by atoms with van der Waals surface area (Å²) < 4.78 is 23.4. The van der Waals surface area contributed by atoms with Gasteiger partial charge in [0, 0.05) is 30.5 Å². The lowest BCUT2D eigenvalue weighted by molar-refractivity contribution is 0.0924. The molecular formula is C11H16N2O3S2. The number of nitrogens with zero attached hydrogens (tertiary/aromatic N) is 1. The van der Waals surface area contributed by atoms with Crippen molar-refractivity contribution in [2.75, 3.05) is 30.9 Å². The lowest BCUT2D eigenvalue weighted by Gasteiger charge is -2.33. The number of hydrogen-bond acceptors (Lipinski definition) is 5. The van der Waals surface area contributed by atoms with Crippen LogP contribution in [0.25, 0.3) is 0 Å². The molecule has 0 amide bonds. The molecule has 0 radical (unpaired) electrons. The quantitative estimate of drug-likeness (QED) is 0.822. The van der Waals surface area contributed by atoms with Crippen molar-refractivity contribution in [3.8, 4) is 0 Å². The van der Waals surface area contributed by atoms with E-state index in [4.69, 9.17) is 0 Å². The van der Waals surface area contributed by atoms with Crippen molar-refractivity contribution < 1.29 is 13.2 Å². The Morgan fingerprint density at radius 1 is 1.61 bits per heavy atom. The van der Waals surface area contributed by atoms with Gasteiger partial charge in [0.05, 0.1) is 12.2 Å². The first kappa shape index (κ1) is 13.6. The number of rotatable bonds is 4. The highest BCUT2D eigenvalue weighted by atomic mass is 32.2. The van der Waals surface area contributed by atoms with Crippen LogP contribution in [0.5, 0.6) is 0 Å². The van der Waals surface area contributed by atoms with Crippen LogP contribution in [-0.4, -0.2) is 60.3 Å². The van der Waals surface area contributed by atoms with Crippen molar-refractivity contribution in [2.24, 2.45) is 0 Å². The zero-order valence-corrected chi connectivity index (χ0v) is 11.8. The Balaban J connectivity index is 2.09. The number of hydrogen-bond donors (Lipinski definition) is 1. The fraction of sp³-hybridized carbons (Fsp3) is 0.545. The number of thioether (sulfide) groups is 1.